The van der Waals surface area contributed by atoms with E-state index in [-0.39, 0.29) is 44.0 Å². The van der Waals surface area contributed by atoms with Crippen LogP contribution in [0.1, 0.15) is 30.9 Å². The van der Waals surface area contributed by atoms with Gasteiger partial charge < -0.3 is 24.4 Å². The lowest BCUT2D eigenvalue weighted by Crippen LogP contribution is -2.41. The van der Waals surface area contributed by atoms with Gasteiger partial charge in [-0.15, -0.1) is 0 Å². The van der Waals surface area contributed by atoms with Crippen molar-refractivity contribution in [2.24, 2.45) is 0 Å². The Labute approximate surface area is 186 Å². The van der Waals surface area contributed by atoms with E-state index in [1.54, 1.807) is 32.0 Å². The number of aliphatic hydroxyl groups excluding tert-OH is 2. The fraction of sp³-hybridized carbons (Fsp3) is 0.571. The van der Waals surface area contributed by atoms with Crippen molar-refractivity contribution in [3.63, 3.8) is 0 Å². The van der Waals surface area contributed by atoms with Crippen molar-refractivity contribution in [3.8, 4) is 0 Å². The molecule has 1 saturated heterocycles. The summed E-state index contributed by atoms with van der Waals surface area (Å²) < 4.78 is 43.4. The standard InChI is InChI=1S/C21H27ClO8S/c1-3-28-20(25)14-9-21(29-17(10-23)18(11-24)30-21)8-7-19(14)31(26,27)12-15-13(2)5-4-6-16(15)22/h4-6,9,17-19,23-24H,3,7-8,10-12H2,1-2H3/t17-,18-,19?/m0/s1. The Morgan fingerprint density at radius 2 is 1.90 bits per heavy atom. The Kier molecular flexibility index (Phi) is 7.45. The van der Waals surface area contributed by atoms with Crippen LogP contribution >= 0.6 is 11.6 Å². The summed E-state index contributed by atoms with van der Waals surface area (Å²) in [5.41, 5.74) is 1.15. The summed E-state index contributed by atoms with van der Waals surface area (Å²) in [5.74, 6) is -2.51. The number of halogens is 1. The smallest absolute Gasteiger partial charge is 0.335 e. The van der Waals surface area contributed by atoms with Crippen LogP contribution in [-0.4, -0.2) is 67.7 Å². The molecule has 8 nitrogen and oxygen atoms in total. The molecule has 2 aliphatic rings. The van der Waals surface area contributed by atoms with Gasteiger partial charge in [0.1, 0.15) is 12.2 Å². The fourth-order valence-corrected chi connectivity index (χ4v) is 6.39. The number of aryl methyl sites for hydroxylation is 1. The Morgan fingerprint density at radius 1 is 1.26 bits per heavy atom. The third-order valence-electron chi connectivity index (χ3n) is 5.60. The average Bonchev–Trinajstić information content (AvgIpc) is 3.08. The molecule has 1 aromatic carbocycles. The third-order valence-corrected chi connectivity index (χ3v) is 8.00. The number of carbonyl (C=O) groups excluding carboxylic acids is 1. The summed E-state index contributed by atoms with van der Waals surface area (Å²) in [6, 6.07) is 5.15. The summed E-state index contributed by atoms with van der Waals surface area (Å²) in [4.78, 5) is 12.7. The molecular weight excluding hydrogens is 448 g/mol. The molecule has 0 aromatic heterocycles. The molecule has 3 atom stereocenters. The van der Waals surface area contributed by atoms with Crippen molar-refractivity contribution in [2.45, 2.75) is 55.7 Å². The summed E-state index contributed by atoms with van der Waals surface area (Å²) in [7, 11) is -3.84. The number of carbonyl (C=O) groups is 1. The lowest BCUT2D eigenvalue weighted by Gasteiger charge is -2.33. The van der Waals surface area contributed by atoms with E-state index in [0.717, 1.165) is 5.56 Å². The van der Waals surface area contributed by atoms with Gasteiger partial charge in [-0.05, 0) is 43.5 Å². The van der Waals surface area contributed by atoms with Crippen LogP contribution in [0, 0.1) is 6.92 Å². The average molecular weight is 475 g/mol. The second-order valence-electron chi connectivity index (χ2n) is 7.68. The van der Waals surface area contributed by atoms with Crippen molar-refractivity contribution in [2.75, 3.05) is 19.8 Å². The number of rotatable bonds is 7. The highest BCUT2D eigenvalue weighted by molar-refractivity contribution is 7.91. The minimum atomic E-state index is -3.84. The highest BCUT2D eigenvalue weighted by atomic mass is 35.5. The van der Waals surface area contributed by atoms with Gasteiger partial charge in [0.15, 0.2) is 15.6 Å². The molecule has 10 heteroatoms. The Morgan fingerprint density at radius 3 is 2.45 bits per heavy atom. The molecule has 1 unspecified atom stereocenters. The van der Waals surface area contributed by atoms with Crippen molar-refractivity contribution in [1.29, 1.82) is 0 Å². The topological polar surface area (TPSA) is 119 Å². The van der Waals surface area contributed by atoms with Gasteiger partial charge in [-0.1, -0.05) is 23.7 Å². The zero-order valence-electron chi connectivity index (χ0n) is 17.4. The Hall–Kier alpha value is -1.49. The predicted molar refractivity (Wildman–Crippen MR) is 113 cm³/mol. The van der Waals surface area contributed by atoms with Crippen LogP contribution < -0.4 is 0 Å². The molecule has 172 valence electrons. The van der Waals surface area contributed by atoms with Gasteiger partial charge in [0.05, 0.1) is 36.4 Å². The van der Waals surface area contributed by atoms with Crippen LogP contribution in [0.2, 0.25) is 5.02 Å². The minimum Gasteiger partial charge on any atom is -0.463 e. The van der Waals surface area contributed by atoms with Crippen LogP contribution in [-0.2, 0) is 34.6 Å². The zero-order chi connectivity index (χ0) is 22.8. The normalized spacial score (nSPS) is 25.5. The summed E-state index contributed by atoms with van der Waals surface area (Å²) in [6.07, 6.45) is -0.0671. The predicted octanol–water partition coefficient (Wildman–Crippen LogP) is 1.68. The van der Waals surface area contributed by atoms with E-state index >= 15 is 0 Å². The van der Waals surface area contributed by atoms with Gasteiger partial charge in [-0.2, -0.15) is 0 Å². The molecule has 3 rings (SSSR count). The van der Waals surface area contributed by atoms with E-state index < -0.39 is 39.1 Å². The van der Waals surface area contributed by atoms with E-state index in [1.807, 2.05) is 0 Å². The first-order chi connectivity index (χ1) is 14.7. The highest BCUT2D eigenvalue weighted by Gasteiger charge is 2.51. The van der Waals surface area contributed by atoms with Gasteiger partial charge in [-0.3, -0.25) is 0 Å². The number of benzene rings is 1. The number of aliphatic hydroxyl groups is 2. The molecule has 1 fully saturated rings. The maximum Gasteiger partial charge on any atom is 0.335 e. The number of sulfone groups is 1. The second kappa shape index (κ2) is 9.56. The van der Waals surface area contributed by atoms with Crippen molar-refractivity contribution in [3.05, 3.63) is 46.0 Å². The van der Waals surface area contributed by atoms with Crippen molar-refractivity contribution < 1.29 is 37.6 Å². The first-order valence-corrected chi connectivity index (χ1v) is 12.2. The summed E-state index contributed by atoms with van der Waals surface area (Å²) >= 11 is 6.23. The second-order valence-corrected chi connectivity index (χ2v) is 10.3. The number of hydrogen-bond donors (Lipinski definition) is 2. The highest BCUT2D eigenvalue weighted by Crippen LogP contribution is 2.42. The lowest BCUT2D eigenvalue weighted by molar-refractivity contribution is -0.154. The van der Waals surface area contributed by atoms with Gasteiger partial charge >= 0.3 is 5.97 Å². The molecule has 1 spiro atoms. The van der Waals surface area contributed by atoms with E-state index in [9.17, 15) is 23.4 Å². The van der Waals surface area contributed by atoms with Crippen LogP contribution in [0.5, 0.6) is 0 Å². The van der Waals surface area contributed by atoms with E-state index in [4.69, 9.17) is 25.8 Å². The summed E-state index contributed by atoms with van der Waals surface area (Å²) in [6.45, 7) is 2.70. The lowest BCUT2D eigenvalue weighted by atomic mass is 9.94. The molecule has 0 amide bonds. The van der Waals surface area contributed by atoms with Gasteiger partial charge in [0, 0.05) is 11.4 Å². The van der Waals surface area contributed by atoms with Gasteiger partial charge in [-0.25, -0.2) is 13.2 Å². The number of ether oxygens (including phenoxy) is 3. The molecule has 0 saturated carbocycles. The molecule has 1 aliphatic heterocycles. The van der Waals surface area contributed by atoms with Crippen molar-refractivity contribution >= 4 is 27.4 Å². The van der Waals surface area contributed by atoms with Crippen molar-refractivity contribution in [1.82, 2.24) is 0 Å². The fourth-order valence-electron chi connectivity index (χ4n) is 4.01. The number of esters is 1. The van der Waals surface area contributed by atoms with Gasteiger partial charge in [0.25, 0.3) is 0 Å². The van der Waals surface area contributed by atoms with Crippen LogP contribution in [0.3, 0.4) is 0 Å². The van der Waals surface area contributed by atoms with Crippen LogP contribution in [0.25, 0.3) is 0 Å². The maximum absolute atomic E-state index is 13.4. The maximum atomic E-state index is 13.4. The van der Waals surface area contributed by atoms with E-state index in [1.165, 1.54) is 6.08 Å². The Bertz CT molecular complexity index is 926. The largest absolute Gasteiger partial charge is 0.463 e. The minimum absolute atomic E-state index is 0.0484. The van der Waals surface area contributed by atoms with E-state index in [0.29, 0.717) is 10.6 Å². The molecule has 2 N–H and O–H groups in total. The van der Waals surface area contributed by atoms with Gasteiger partial charge in [0.2, 0.25) is 0 Å². The number of hydrogen-bond acceptors (Lipinski definition) is 8. The Balaban J connectivity index is 1.97. The van der Waals surface area contributed by atoms with Crippen LogP contribution in [0.15, 0.2) is 29.8 Å². The third kappa shape index (κ3) is 4.97. The molecule has 31 heavy (non-hydrogen) atoms. The quantitative estimate of drug-likeness (QED) is 0.573. The molecular formula is C21H27ClO8S. The van der Waals surface area contributed by atoms with Crippen LogP contribution in [0.4, 0.5) is 0 Å². The molecule has 1 aliphatic carbocycles. The zero-order valence-corrected chi connectivity index (χ0v) is 19.0. The first-order valence-electron chi connectivity index (χ1n) is 10.1. The molecule has 0 bridgehead atoms. The molecule has 0 radical (unpaired) electrons. The SMILES string of the molecule is CCOC(=O)C1=CC2(CCC1S(=O)(=O)Cc1c(C)cccc1Cl)O[C@@H](CO)[C@H](CO)O2. The monoisotopic (exact) mass is 474 g/mol. The first kappa shape index (κ1) is 24.2. The molecule has 1 aromatic rings. The van der Waals surface area contributed by atoms with E-state index in [2.05, 4.69) is 0 Å². The molecule has 1 heterocycles. The summed E-state index contributed by atoms with van der Waals surface area (Å²) in [5, 5.41) is 18.2.